The highest BCUT2D eigenvalue weighted by atomic mass is 35.5. The molecule has 2 aromatic heterocycles. The van der Waals surface area contributed by atoms with Gasteiger partial charge in [-0.25, -0.2) is 0 Å². The van der Waals surface area contributed by atoms with Gasteiger partial charge in [-0.2, -0.15) is 4.98 Å². The van der Waals surface area contributed by atoms with Crippen LogP contribution in [0.1, 0.15) is 37.6 Å². The number of halogens is 1. The summed E-state index contributed by atoms with van der Waals surface area (Å²) in [6.07, 6.45) is 3.44. The lowest BCUT2D eigenvalue weighted by Gasteiger charge is -2.09. The van der Waals surface area contributed by atoms with E-state index in [1.54, 1.807) is 12.3 Å². The lowest BCUT2D eigenvalue weighted by atomic mass is 10.1. The second-order valence-electron chi connectivity index (χ2n) is 4.35. The van der Waals surface area contributed by atoms with Crippen LogP contribution in [-0.4, -0.2) is 16.0 Å². The molecule has 0 amide bonds. The van der Waals surface area contributed by atoms with E-state index in [0.29, 0.717) is 18.1 Å². The predicted molar refractivity (Wildman–Crippen MR) is 76.1 cm³/mol. The van der Waals surface area contributed by atoms with Gasteiger partial charge in [-0.3, -0.25) is 9.20 Å². The van der Waals surface area contributed by atoms with Crippen molar-refractivity contribution in [3.8, 4) is 5.88 Å². The van der Waals surface area contributed by atoms with Crippen LogP contribution >= 0.6 is 11.6 Å². The van der Waals surface area contributed by atoms with E-state index in [4.69, 9.17) is 16.3 Å². The number of alkyl halides is 1. The Morgan fingerprint density at radius 3 is 2.89 bits per heavy atom. The Morgan fingerprint density at radius 2 is 2.21 bits per heavy atom. The molecule has 102 valence electrons. The molecule has 0 aliphatic carbocycles. The highest BCUT2D eigenvalue weighted by molar-refractivity contribution is 6.20. The van der Waals surface area contributed by atoms with Crippen molar-refractivity contribution in [2.75, 3.05) is 6.61 Å². The Bertz CT molecular complexity index is 624. The van der Waals surface area contributed by atoms with Crippen LogP contribution in [0.3, 0.4) is 0 Å². The number of hydrogen-bond acceptors (Lipinski definition) is 3. The molecule has 5 heteroatoms. The zero-order valence-corrected chi connectivity index (χ0v) is 11.9. The summed E-state index contributed by atoms with van der Waals surface area (Å²) < 4.78 is 6.89. The number of nitrogens with zero attached hydrogens (tertiary/aromatic N) is 2. The van der Waals surface area contributed by atoms with Crippen molar-refractivity contribution in [1.29, 1.82) is 0 Å². The lowest BCUT2D eigenvalue weighted by Crippen LogP contribution is -2.15. The third kappa shape index (κ3) is 3.07. The van der Waals surface area contributed by atoms with E-state index in [0.717, 1.165) is 18.4 Å². The molecule has 0 saturated carbocycles. The standard InChI is InChI=1S/C14H17ClN2O2/c1-3-7-19-13-8-14(18)17-9-10(11(15)4-2)5-6-12(17)16-13/h5-6,8-9,11H,3-4,7H2,1-2H3. The summed E-state index contributed by atoms with van der Waals surface area (Å²) in [6, 6.07) is 5.09. The summed E-state index contributed by atoms with van der Waals surface area (Å²) in [5.41, 5.74) is 1.34. The molecule has 1 atom stereocenters. The van der Waals surface area contributed by atoms with Gasteiger partial charge in [-0.05, 0) is 24.5 Å². The minimum atomic E-state index is -0.155. The largest absolute Gasteiger partial charge is 0.477 e. The Hall–Kier alpha value is -1.55. The van der Waals surface area contributed by atoms with Gasteiger partial charge < -0.3 is 4.74 Å². The number of hydrogen-bond donors (Lipinski definition) is 0. The minimum Gasteiger partial charge on any atom is -0.477 e. The van der Waals surface area contributed by atoms with Crippen LogP contribution in [0, 0.1) is 0 Å². The molecule has 1 unspecified atom stereocenters. The molecule has 19 heavy (non-hydrogen) atoms. The molecule has 0 aromatic carbocycles. The number of pyridine rings is 1. The van der Waals surface area contributed by atoms with Crippen molar-refractivity contribution < 1.29 is 4.74 Å². The topological polar surface area (TPSA) is 43.6 Å². The third-order valence-corrected chi connectivity index (χ3v) is 3.39. The molecule has 0 aliphatic rings. The quantitative estimate of drug-likeness (QED) is 0.790. The van der Waals surface area contributed by atoms with Gasteiger partial charge in [0.05, 0.1) is 18.1 Å². The van der Waals surface area contributed by atoms with E-state index >= 15 is 0 Å². The fourth-order valence-electron chi connectivity index (χ4n) is 1.80. The molecule has 2 rings (SSSR count). The molecule has 0 saturated heterocycles. The third-order valence-electron chi connectivity index (χ3n) is 2.83. The van der Waals surface area contributed by atoms with Crippen molar-refractivity contribution >= 4 is 17.2 Å². The molecular formula is C14H17ClN2O2. The molecular weight excluding hydrogens is 264 g/mol. The van der Waals surface area contributed by atoms with Crippen LogP contribution in [0.5, 0.6) is 5.88 Å². The summed E-state index contributed by atoms with van der Waals surface area (Å²) in [5.74, 6) is 0.373. The van der Waals surface area contributed by atoms with Gasteiger partial charge >= 0.3 is 0 Å². The van der Waals surface area contributed by atoms with E-state index < -0.39 is 0 Å². The van der Waals surface area contributed by atoms with Gasteiger partial charge in [0.1, 0.15) is 5.65 Å². The maximum absolute atomic E-state index is 12.0. The van der Waals surface area contributed by atoms with Gasteiger partial charge in [0.25, 0.3) is 5.56 Å². The molecule has 2 heterocycles. The van der Waals surface area contributed by atoms with E-state index in [1.165, 1.54) is 10.5 Å². The zero-order chi connectivity index (χ0) is 13.8. The molecule has 4 nitrogen and oxygen atoms in total. The summed E-state index contributed by atoms with van der Waals surface area (Å²) in [7, 11) is 0. The maximum atomic E-state index is 12.0. The number of aromatic nitrogens is 2. The summed E-state index contributed by atoms with van der Waals surface area (Å²) in [6.45, 7) is 4.57. The monoisotopic (exact) mass is 280 g/mol. The minimum absolute atomic E-state index is 0.0904. The van der Waals surface area contributed by atoms with Gasteiger partial charge in [0.2, 0.25) is 5.88 Å². The van der Waals surface area contributed by atoms with Crippen LogP contribution in [0.25, 0.3) is 5.65 Å². The van der Waals surface area contributed by atoms with Gasteiger partial charge in [-0.15, -0.1) is 11.6 Å². The smallest absolute Gasteiger partial charge is 0.261 e. The Balaban J connectivity index is 2.45. The van der Waals surface area contributed by atoms with Gasteiger partial charge in [0.15, 0.2) is 0 Å². The summed E-state index contributed by atoms with van der Waals surface area (Å²) in [4.78, 5) is 16.3. The highest BCUT2D eigenvalue weighted by Crippen LogP contribution is 2.23. The van der Waals surface area contributed by atoms with E-state index in [1.807, 2.05) is 19.9 Å². The molecule has 2 aromatic rings. The fraction of sp³-hybridized carbons (Fsp3) is 0.429. The van der Waals surface area contributed by atoms with E-state index in [9.17, 15) is 4.79 Å². The second-order valence-corrected chi connectivity index (χ2v) is 4.87. The van der Waals surface area contributed by atoms with Gasteiger partial charge in [0, 0.05) is 6.20 Å². The highest BCUT2D eigenvalue weighted by Gasteiger charge is 2.08. The van der Waals surface area contributed by atoms with Crippen LogP contribution in [0.2, 0.25) is 0 Å². The average molecular weight is 281 g/mol. The van der Waals surface area contributed by atoms with Gasteiger partial charge in [-0.1, -0.05) is 19.9 Å². The van der Waals surface area contributed by atoms with Crippen LogP contribution < -0.4 is 10.3 Å². The number of ether oxygens (including phenoxy) is 1. The van der Waals surface area contributed by atoms with Crippen molar-refractivity contribution in [1.82, 2.24) is 9.38 Å². The average Bonchev–Trinajstić information content (AvgIpc) is 2.44. The molecule has 0 spiro atoms. The normalized spacial score (nSPS) is 12.6. The summed E-state index contributed by atoms with van der Waals surface area (Å²) in [5, 5.41) is -0.0904. The molecule has 0 radical (unpaired) electrons. The fourth-order valence-corrected chi connectivity index (χ4v) is 1.93. The molecule has 0 N–H and O–H groups in total. The first-order valence-electron chi connectivity index (χ1n) is 6.46. The first-order valence-corrected chi connectivity index (χ1v) is 6.89. The van der Waals surface area contributed by atoms with Crippen molar-refractivity contribution in [3.63, 3.8) is 0 Å². The van der Waals surface area contributed by atoms with Crippen molar-refractivity contribution in [3.05, 3.63) is 40.3 Å². The second kappa shape index (κ2) is 6.06. The van der Waals surface area contributed by atoms with Crippen LogP contribution in [0.15, 0.2) is 29.2 Å². The van der Waals surface area contributed by atoms with Crippen molar-refractivity contribution in [2.45, 2.75) is 32.1 Å². The van der Waals surface area contributed by atoms with Crippen LogP contribution in [-0.2, 0) is 0 Å². The lowest BCUT2D eigenvalue weighted by molar-refractivity contribution is 0.305. The Labute approximate surface area is 117 Å². The first kappa shape index (κ1) is 13.9. The number of rotatable bonds is 5. The predicted octanol–water partition coefficient (Wildman–Crippen LogP) is 3.17. The van der Waals surface area contributed by atoms with Crippen LogP contribution in [0.4, 0.5) is 0 Å². The van der Waals surface area contributed by atoms with Crippen molar-refractivity contribution in [2.24, 2.45) is 0 Å². The Morgan fingerprint density at radius 1 is 1.42 bits per heavy atom. The molecule has 0 fully saturated rings. The Kier molecular flexibility index (Phi) is 4.43. The summed E-state index contributed by atoms with van der Waals surface area (Å²) >= 11 is 6.18. The zero-order valence-electron chi connectivity index (χ0n) is 11.1. The van der Waals surface area contributed by atoms with E-state index in [-0.39, 0.29) is 10.9 Å². The molecule has 0 bridgehead atoms. The first-order chi connectivity index (χ1) is 9.15. The maximum Gasteiger partial charge on any atom is 0.261 e. The molecule has 0 aliphatic heterocycles. The SMILES string of the molecule is CCCOc1cc(=O)n2cc(C(Cl)CC)ccc2n1. The number of fused-ring (bicyclic) bond motifs is 1. The van der Waals surface area contributed by atoms with E-state index in [2.05, 4.69) is 4.98 Å².